The lowest BCUT2D eigenvalue weighted by Crippen LogP contribution is -2.24. The summed E-state index contributed by atoms with van der Waals surface area (Å²) in [6.07, 6.45) is 1.77. The molecular formula is C16H17N3O2. The van der Waals surface area contributed by atoms with Crippen LogP contribution in [0.4, 0.5) is 0 Å². The molecule has 0 radical (unpaired) electrons. The predicted octanol–water partition coefficient (Wildman–Crippen LogP) is 2.92. The zero-order valence-corrected chi connectivity index (χ0v) is 12.2. The van der Waals surface area contributed by atoms with E-state index in [2.05, 4.69) is 15.3 Å². The number of carbonyl (C=O) groups excluding carboxylic acids is 1. The minimum absolute atomic E-state index is 0.0703. The van der Waals surface area contributed by atoms with Crippen molar-refractivity contribution in [3.8, 4) is 5.75 Å². The molecule has 0 fully saturated rings. The number of rotatable bonds is 3. The second-order valence-corrected chi connectivity index (χ2v) is 5.08. The van der Waals surface area contributed by atoms with Gasteiger partial charge < -0.3 is 15.0 Å². The maximum Gasteiger partial charge on any atom is 0.217 e. The van der Waals surface area contributed by atoms with E-state index in [4.69, 9.17) is 4.74 Å². The number of aromatic nitrogens is 2. The second kappa shape index (κ2) is 5.09. The van der Waals surface area contributed by atoms with Gasteiger partial charge in [-0.1, -0.05) is 0 Å². The van der Waals surface area contributed by atoms with Gasteiger partial charge in [0.1, 0.15) is 5.75 Å². The lowest BCUT2D eigenvalue weighted by Gasteiger charge is -2.12. The first-order chi connectivity index (χ1) is 10.1. The first-order valence-corrected chi connectivity index (χ1v) is 6.81. The Hall–Kier alpha value is -2.56. The Morgan fingerprint density at radius 2 is 2.14 bits per heavy atom. The van der Waals surface area contributed by atoms with Gasteiger partial charge in [0, 0.05) is 29.4 Å². The summed E-state index contributed by atoms with van der Waals surface area (Å²) in [5, 5.41) is 5.03. The summed E-state index contributed by atoms with van der Waals surface area (Å²) in [7, 11) is 1.65. The molecule has 0 aliphatic rings. The number of nitrogens with one attached hydrogen (secondary N) is 2. The molecule has 0 aliphatic heterocycles. The first-order valence-electron chi connectivity index (χ1n) is 6.81. The van der Waals surface area contributed by atoms with Gasteiger partial charge in [0.05, 0.1) is 24.4 Å². The Morgan fingerprint density at radius 1 is 1.33 bits per heavy atom. The molecule has 5 nitrogen and oxygen atoms in total. The Morgan fingerprint density at radius 3 is 2.86 bits per heavy atom. The molecule has 108 valence electrons. The topological polar surface area (TPSA) is 67.0 Å². The van der Waals surface area contributed by atoms with Crippen LogP contribution in [0.25, 0.3) is 21.8 Å². The molecule has 0 spiro atoms. The number of aromatic amines is 1. The van der Waals surface area contributed by atoms with Crippen LogP contribution in [-0.2, 0) is 4.79 Å². The third kappa shape index (κ3) is 2.31. The predicted molar refractivity (Wildman–Crippen MR) is 82.4 cm³/mol. The number of methoxy groups -OCH3 is 1. The van der Waals surface area contributed by atoms with Crippen LogP contribution in [0.2, 0.25) is 0 Å². The molecule has 21 heavy (non-hydrogen) atoms. The van der Waals surface area contributed by atoms with Crippen molar-refractivity contribution in [3.63, 3.8) is 0 Å². The van der Waals surface area contributed by atoms with Crippen LogP contribution in [0.15, 0.2) is 30.5 Å². The van der Waals surface area contributed by atoms with Gasteiger partial charge in [-0.2, -0.15) is 0 Å². The minimum atomic E-state index is -0.152. The van der Waals surface area contributed by atoms with E-state index in [-0.39, 0.29) is 11.9 Å². The smallest absolute Gasteiger partial charge is 0.217 e. The molecule has 0 saturated heterocycles. The molecule has 2 aromatic heterocycles. The Balaban J connectivity index is 2.21. The molecule has 0 bridgehead atoms. The molecule has 2 heterocycles. The highest BCUT2D eigenvalue weighted by atomic mass is 16.5. The summed E-state index contributed by atoms with van der Waals surface area (Å²) in [6.45, 7) is 3.43. The fourth-order valence-corrected chi connectivity index (χ4v) is 2.65. The van der Waals surface area contributed by atoms with Gasteiger partial charge in [0.25, 0.3) is 0 Å². The number of amides is 1. The van der Waals surface area contributed by atoms with E-state index in [0.717, 1.165) is 33.2 Å². The van der Waals surface area contributed by atoms with Gasteiger partial charge in [-0.15, -0.1) is 0 Å². The Kier molecular flexibility index (Phi) is 3.25. The number of hydrogen-bond acceptors (Lipinski definition) is 3. The maximum absolute atomic E-state index is 11.3. The van der Waals surface area contributed by atoms with Crippen LogP contribution < -0.4 is 10.1 Å². The molecule has 5 heteroatoms. The van der Waals surface area contributed by atoms with Crippen LogP contribution in [0.5, 0.6) is 5.75 Å². The van der Waals surface area contributed by atoms with Gasteiger partial charge in [0.2, 0.25) is 5.91 Å². The van der Waals surface area contributed by atoms with Gasteiger partial charge in [-0.3, -0.25) is 9.78 Å². The number of pyridine rings is 1. The lowest BCUT2D eigenvalue weighted by atomic mass is 10.1. The standard InChI is InChI=1S/C16H17N3O2/c1-9(18-10(2)20)15-16-12(6-7-17-15)13-8-11(21-3)4-5-14(13)19-16/h4-9,19H,1-3H3,(H,18,20). The molecule has 2 N–H and O–H groups in total. The number of benzene rings is 1. The van der Waals surface area contributed by atoms with E-state index < -0.39 is 0 Å². The summed E-state index contributed by atoms with van der Waals surface area (Å²) in [5.74, 6) is 0.746. The minimum Gasteiger partial charge on any atom is -0.497 e. The largest absolute Gasteiger partial charge is 0.497 e. The zero-order valence-electron chi connectivity index (χ0n) is 12.2. The third-order valence-corrected chi connectivity index (χ3v) is 3.59. The molecular weight excluding hydrogens is 266 g/mol. The lowest BCUT2D eigenvalue weighted by molar-refractivity contribution is -0.119. The number of carbonyl (C=O) groups is 1. The molecule has 0 aliphatic carbocycles. The molecule has 1 aromatic carbocycles. The van der Waals surface area contributed by atoms with Crippen LogP contribution >= 0.6 is 0 Å². The van der Waals surface area contributed by atoms with Crippen molar-refractivity contribution in [1.82, 2.24) is 15.3 Å². The number of fused-ring (bicyclic) bond motifs is 3. The SMILES string of the molecule is COc1ccc2[nH]c3c(C(C)NC(C)=O)nccc3c2c1. The molecule has 3 rings (SSSR count). The third-order valence-electron chi connectivity index (χ3n) is 3.59. The summed E-state index contributed by atoms with van der Waals surface area (Å²) >= 11 is 0. The van der Waals surface area contributed by atoms with Crippen molar-refractivity contribution in [2.45, 2.75) is 19.9 Å². The average molecular weight is 283 g/mol. The van der Waals surface area contributed by atoms with E-state index in [1.165, 1.54) is 6.92 Å². The second-order valence-electron chi connectivity index (χ2n) is 5.08. The summed E-state index contributed by atoms with van der Waals surface area (Å²) in [4.78, 5) is 19.1. The van der Waals surface area contributed by atoms with E-state index >= 15 is 0 Å². The Labute approximate surface area is 122 Å². The van der Waals surface area contributed by atoms with E-state index in [1.807, 2.05) is 31.2 Å². The summed E-state index contributed by atoms with van der Waals surface area (Å²) in [6, 6.07) is 7.72. The van der Waals surface area contributed by atoms with Crippen molar-refractivity contribution in [2.24, 2.45) is 0 Å². The quantitative estimate of drug-likeness (QED) is 0.776. The van der Waals surface area contributed by atoms with E-state index in [9.17, 15) is 4.79 Å². The van der Waals surface area contributed by atoms with Crippen LogP contribution in [0.1, 0.15) is 25.6 Å². The highest BCUT2D eigenvalue weighted by molar-refractivity contribution is 6.08. The first kappa shape index (κ1) is 13.4. The number of H-pyrrole nitrogens is 1. The fourth-order valence-electron chi connectivity index (χ4n) is 2.65. The van der Waals surface area contributed by atoms with Crippen LogP contribution in [0.3, 0.4) is 0 Å². The highest BCUT2D eigenvalue weighted by Gasteiger charge is 2.15. The van der Waals surface area contributed by atoms with Crippen molar-refractivity contribution in [3.05, 3.63) is 36.2 Å². The fraction of sp³-hybridized carbons (Fsp3) is 0.250. The number of nitrogens with zero attached hydrogens (tertiary/aromatic N) is 1. The van der Waals surface area contributed by atoms with Gasteiger partial charge >= 0.3 is 0 Å². The number of hydrogen-bond donors (Lipinski definition) is 2. The molecule has 0 saturated carbocycles. The van der Waals surface area contributed by atoms with E-state index in [1.54, 1.807) is 13.3 Å². The van der Waals surface area contributed by atoms with Crippen molar-refractivity contribution >= 4 is 27.7 Å². The molecule has 1 atom stereocenters. The molecule has 1 unspecified atom stereocenters. The normalized spacial score (nSPS) is 12.5. The monoisotopic (exact) mass is 283 g/mol. The van der Waals surface area contributed by atoms with Crippen LogP contribution in [-0.4, -0.2) is 23.0 Å². The van der Waals surface area contributed by atoms with Crippen molar-refractivity contribution < 1.29 is 9.53 Å². The zero-order chi connectivity index (χ0) is 15.0. The van der Waals surface area contributed by atoms with Crippen molar-refractivity contribution in [2.75, 3.05) is 7.11 Å². The van der Waals surface area contributed by atoms with Gasteiger partial charge in [-0.05, 0) is 31.2 Å². The maximum atomic E-state index is 11.3. The molecule has 3 aromatic rings. The van der Waals surface area contributed by atoms with Crippen molar-refractivity contribution in [1.29, 1.82) is 0 Å². The van der Waals surface area contributed by atoms with Gasteiger partial charge in [0.15, 0.2) is 0 Å². The summed E-state index contributed by atoms with van der Waals surface area (Å²) < 4.78 is 5.28. The average Bonchev–Trinajstić information content (AvgIpc) is 2.83. The van der Waals surface area contributed by atoms with Gasteiger partial charge in [-0.25, -0.2) is 0 Å². The molecule has 1 amide bonds. The Bertz CT molecular complexity index is 823. The van der Waals surface area contributed by atoms with Crippen LogP contribution in [0, 0.1) is 0 Å². The number of ether oxygens (including phenoxy) is 1. The summed E-state index contributed by atoms with van der Waals surface area (Å²) in [5.41, 5.74) is 2.80. The highest BCUT2D eigenvalue weighted by Crippen LogP contribution is 2.31. The van der Waals surface area contributed by atoms with E-state index in [0.29, 0.717) is 0 Å².